The van der Waals surface area contributed by atoms with Gasteiger partial charge in [0.1, 0.15) is 6.54 Å². The Hall–Kier alpha value is -3.30. The van der Waals surface area contributed by atoms with Crippen LogP contribution in [0.25, 0.3) is 17.0 Å². The summed E-state index contributed by atoms with van der Waals surface area (Å²) in [6, 6.07) is 16.1. The predicted molar refractivity (Wildman–Crippen MR) is 114 cm³/mol. The number of nitrogens with one attached hydrogen (secondary N) is 1. The van der Waals surface area contributed by atoms with Crippen LogP contribution in [0.15, 0.2) is 58.6 Å². The fraction of sp³-hybridized carbons (Fsp3) is 0.136. The first-order chi connectivity index (χ1) is 13.5. The Balaban J connectivity index is 1.68. The molecule has 1 aliphatic rings. The zero-order valence-electron chi connectivity index (χ0n) is 15.6. The smallest absolute Gasteiger partial charge is 0.264 e. The summed E-state index contributed by atoms with van der Waals surface area (Å²) in [4.78, 5) is 17.6. The molecule has 1 fully saturated rings. The van der Waals surface area contributed by atoms with Gasteiger partial charge < -0.3 is 9.88 Å². The number of amides is 1. The van der Waals surface area contributed by atoms with Crippen molar-refractivity contribution in [1.82, 2.24) is 9.88 Å². The van der Waals surface area contributed by atoms with Crippen LogP contribution in [0.4, 0.5) is 5.69 Å². The van der Waals surface area contributed by atoms with E-state index in [0.29, 0.717) is 10.1 Å². The van der Waals surface area contributed by atoms with Crippen molar-refractivity contribution in [3.05, 3.63) is 70.3 Å². The SMILES string of the molecule is Cc1ccc(N=C2NC(=O)/C(=C/c3cn(CC#N)c4ccccc34)S2)c(C)c1. The van der Waals surface area contributed by atoms with E-state index in [-0.39, 0.29) is 12.5 Å². The second-order valence-corrected chi connectivity index (χ2v) is 7.69. The van der Waals surface area contributed by atoms with Crippen LogP contribution in [0.5, 0.6) is 0 Å². The number of nitriles is 1. The number of carbonyl (C=O) groups excluding carboxylic acids is 1. The van der Waals surface area contributed by atoms with Crippen molar-refractivity contribution in [2.45, 2.75) is 20.4 Å². The van der Waals surface area contributed by atoms with Gasteiger partial charge in [0.15, 0.2) is 5.17 Å². The molecule has 2 aromatic carbocycles. The molecule has 28 heavy (non-hydrogen) atoms. The number of para-hydroxylation sites is 1. The number of amidine groups is 1. The normalized spacial score (nSPS) is 16.7. The Labute approximate surface area is 167 Å². The average Bonchev–Trinajstić information content (AvgIpc) is 3.19. The number of aryl methyl sites for hydroxylation is 2. The van der Waals surface area contributed by atoms with Crippen LogP contribution >= 0.6 is 11.8 Å². The maximum absolute atomic E-state index is 12.4. The minimum Gasteiger partial charge on any atom is -0.333 e. The van der Waals surface area contributed by atoms with Gasteiger partial charge in [-0.1, -0.05) is 35.9 Å². The number of fused-ring (bicyclic) bond motifs is 1. The molecule has 5 nitrogen and oxygen atoms in total. The third-order valence-electron chi connectivity index (χ3n) is 4.57. The fourth-order valence-electron chi connectivity index (χ4n) is 3.26. The van der Waals surface area contributed by atoms with Gasteiger partial charge in [0.2, 0.25) is 0 Å². The third-order valence-corrected chi connectivity index (χ3v) is 5.48. The summed E-state index contributed by atoms with van der Waals surface area (Å²) in [5.41, 5.74) is 4.98. The van der Waals surface area contributed by atoms with Gasteiger partial charge in [0, 0.05) is 22.7 Å². The number of thioether (sulfide) groups is 1. The molecule has 0 aliphatic carbocycles. The van der Waals surface area contributed by atoms with Crippen molar-refractivity contribution in [1.29, 1.82) is 5.26 Å². The summed E-state index contributed by atoms with van der Waals surface area (Å²) < 4.78 is 1.89. The van der Waals surface area contributed by atoms with Gasteiger partial charge in [-0.15, -0.1) is 0 Å². The molecule has 3 aromatic rings. The van der Waals surface area contributed by atoms with Gasteiger partial charge in [0.05, 0.1) is 16.7 Å². The van der Waals surface area contributed by atoms with Crippen molar-refractivity contribution >= 4 is 45.5 Å². The lowest BCUT2D eigenvalue weighted by Crippen LogP contribution is -2.19. The highest BCUT2D eigenvalue weighted by Gasteiger charge is 2.24. The van der Waals surface area contributed by atoms with Gasteiger partial charge in [-0.2, -0.15) is 5.26 Å². The molecule has 2 heterocycles. The second kappa shape index (κ2) is 7.37. The Morgan fingerprint density at radius 2 is 2.07 bits per heavy atom. The van der Waals surface area contributed by atoms with Crippen LogP contribution in [0.3, 0.4) is 0 Å². The third kappa shape index (κ3) is 3.45. The van der Waals surface area contributed by atoms with Gasteiger partial charge in [-0.05, 0) is 49.4 Å². The summed E-state index contributed by atoms with van der Waals surface area (Å²) in [6.45, 7) is 4.32. The highest BCUT2D eigenvalue weighted by atomic mass is 32.2. The molecule has 0 spiro atoms. The Bertz CT molecular complexity index is 1200. The first-order valence-electron chi connectivity index (χ1n) is 8.87. The van der Waals surface area contributed by atoms with E-state index in [0.717, 1.165) is 27.7 Å². The van der Waals surface area contributed by atoms with Crippen molar-refractivity contribution < 1.29 is 4.79 Å². The minimum atomic E-state index is -0.161. The van der Waals surface area contributed by atoms with E-state index in [9.17, 15) is 4.79 Å². The number of hydrogen-bond donors (Lipinski definition) is 1. The Kier molecular flexibility index (Phi) is 4.76. The van der Waals surface area contributed by atoms with E-state index in [1.54, 1.807) is 0 Å². The molecule has 0 unspecified atom stereocenters. The molecule has 1 N–H and O–H groups in total. The predicted octanol–water partition coefficient (Wildman–Crippen LogP) is 4.67. The monoisotopic (exact) mass is 386 g/mol. The lowest BCUT2D eigenvalue weighted by atomic mass is 10.1. The topological polar surface area (TPSA) is 70.2 Å². The van der Waals surface area contributed by atoms with Crippen molar-refractivity contribution in [2.75, 3.05) is 0 Å². The van der Waals surface area contributed by atoms with Crippen LogP contribution in [0.1, 0.15) is 16.7 Å². The zero-order valence-corrected chi connectivity index (χ0v) is 16.4. The molecule has 138 valence electrons. The van der Waals surface area contributed by atoms with Crippen LogP contribution in [-0.2, 0) is 11.3 Å². The molecular formula is C22H18N4OS. The summed E-state index contributed by atoms with van der Waals surface area (Å²) in [7, 11) is 0. The molecule has 6 heteroatoms. The first-order valence-corrected chi connectivity index (χ1v) is 9.68. The summed E-state index contributed by atoms with van der Waals surface area (Å²) in [5, 5.41) is 13.5. The summed E-state index contributed by atoms with van der Waals surface area (Å²) in [5.74, 6) is -0.161. The van der Waals surface area contributed by atoms with Crippen LogP contribution < -0.4 is 5.32 Å². The van der Waals surface area contributed by atoms with Gasteiger partial charge in [0.25, 0.3) is 5.91 Å². The number of aromatic nitrogens is 1. The molecule has 0 atom stereocenters. The van der Waals surface area contributed by atoms with E-state index in [2.05, 4.69) is 22.4 Å². The molecular weight excluding hydrogens is 368 g/mol. The largest absolute Gasteiger partial charge is 0.333 e. The lowest BCUT2D eigenvalue weighted by Gasteiger charge is -2.02. The van der Waals surface area contributed by atoms with Crippen molar-refractivity contribution in [3.8, 4) is 6.07 Å². The maximum atomic E-state index is 12.4. The van der Waals surface area contributed by atoms with Crippen molar-refractivity contribution in [3.63, 3.8) is 0 Å². The first kappa shape index (κ1) is 18.1. The second-order valence-electron chi connectivity index (χ2n) is 6.66. The molecule has 1 amide bonds. The van der Waals surface area contributed by atoms with Crippen LogP contribution in [-0.4, -0.2) is 15.6 Å². The zero-order chi connectivity index (χ0) is 19.7. The quantitative estimate of drug-likeness (QED) is 0.665. The lowest BCUT2D eigenvalue weighted by molar-refractivity contribution is -0.115. The summed E-state index contributed by atoms with van der Waals surface area (Å²) >= 11 is 1.33. The number of nitrogens with zero attached hydrogens (tertiary/aromatic N) is 3. The van der Waals surface area contributed by atoms with Crippen molar-refractivity contribution in [2.24, 2.45) is 4.99 Å². The highest BCUT2D eigenvalue weighted by Crippen LogP contribution is 2.31. The Morgan fingerprint density at radius 3 is 2.86 bits per heavy atom. The number of aliphatic imine (C=N–C) groups is 1. The summed E-state index contributed by atoms with van der Waals surface area (Å²) in [6.07, 6.45) is 3.77. The number of benzene rings is 2. The molecule has 0 radical (unpaired) electrons. The Morgan fingerprint density at radius 1 is 1.25 bits per heavy atom. The molecule has 4 rings (SSSR count). The maximum Gasteiger partial charge on any atom is 0.264 e. The van der Waals surface area contributed by atoms with Crippen LogP contribution in [0.2, 0.25) is 0 Å². The molecule has 1 saturated heterocycles. The number of carbonyl (C=O) groups is 1. The minimum absolute atomic E-state index is 0.161. The van der Waals surface area contributed by atoms with Gasteiger partial charge >= 0.3 is 0 Å². The van der Waals surface area contributed by atoms with E-state index in [4.69, 9.17) is 5.26 Å². The van der Waals surface area contributed by atoms with Gasteiger partial charge in [-0.25, -0.2) is 4.99 Å². The molecule has 1 aromatic heterocycles. The molecule has 0 saturated carbocycles. The average molecular weight is 386 g/mol. The standard InChI is InChI=1S/C22H18N4OS/c1-14-7-8-18(15(2)11-14)24-22-25-21(27)20(28-22)12-16-13-26(10-9-23)19-6-4-3-5-17(16)19/h3-8,11-13H,10H2,1-2H3,(H,24,25,27)/b20-12-. The molecule has 0 bridgehead atoms. The van der Waals surface area contributed by atoms with E-state index in [1.807, 2.05) is 67.1 Å². The van der Waals surface area contributed by atoms with Crippen LogP contribution in [0, 0.1) is 25.2 Å². The van der Waals surface area contributed by atoms with E-state index in [1.165, 1.54) is 17.3 Å². The fourth-order valence-corrected chi connectivity index (χ4v) is 4.08. The van der Waals surface area contributed by atoms with E-state index >= 15 is 0 Å². The van der Waals surface area contributed by atoms with E-state index < -0.39 is 0 Å². The number of rotatable bonds is 3. The molecule has 1 aliphatic heterocycles. The highest BCUT2D eigenvalue weighted by molar-refractivity contribution is 8.18. The number of hydrogen-bond acceptors (Lipinski definition) is 4. The van der Waals surface area contributed by atoms with Gasteiger partial charge in [-0.3, -0.25) is 4.79 Å².